The van der Waals surface area contributed by atoms with Crippen LogP contribution in [0.1, 0.15) is 32.1 Å². The highest BCUT2D eigenvalue weighted by Crippen LogP contribution is 2.26. The summed E-state index contributed by atoms with van der Waals surface area (Å²) in [5.41, 5.74) is 0.806. The van der Waals surface area contributed by atoms with Crippen molar-refractivity contribution in [1.29, 1.82) is 0 Å². The predicted molar refractivity (Wildman–Crippen MR) is 71.9 cm³/mol. The van der Waals surface area contributed by atoms with Crippen LogP contribution in [0.4, 0.5) is 0 Å². The zero-order chi connectivity index (χ0) is 13.8. The fourth-order valence-electron chi connectivity index (χ4n) is 2.46. The maximum Gasteiger partial charge on any atom is 0.422 e. The van der Waals surface area contributed by atoms with Gasteiger partial charge in [0, 0.05) is 5.56 Å². The third kappa shape index (κ3) is 2.87. The number of nitrogens with zero attached hydrogens (tertiary/aromatic N) is 2. The van der Waals surface area contributed by atoms with E-state index in [4.69, 9.17) is 9.15 Å². The van der Waals surface area contributed by atoms with Crippen LogP contribution in [0.2, 0.25) is 0 Å². The Bertz CT molecular complexity index is 574. The second-order valence-corrected chi connectivity index (χ2v) is 5.00. The first-order valence-electron chi connectivity index (χ1n) is 6.93. The Kier molecular flexibility index (Phi) is 3.76. The van der Waals surface area contributed by atoms with E-state index in [-0.39, 0.29) is 18.0 Å². The van der Waals surface area contributed by atoms with Gasteiger partial charge >= 0.3 is 12.0 Å². The van der Waals surface area contributed by atoms with Crippen LogP contribution in [-0.2, 0) is 4.79 Å². The lowest BCUT2D eigenvalue weighted by molar-refractivity contribution is -0.141. The van der Waals surface area contributed by atoms with Gasteiger partial charge in [0.2, 0.25) is 0 Å². The Morgan fingerprint density at radius 1 is 1.10 bits per heavy atom. The molecule has 1 fully saturated rings. The number of rotatable bonds is 3. The van der Waals surface area contributed by atoms with Crippen molar-refractivity contribution in [1.82, 2.24) is 10.2 Å². The zero-order valence-electron chi connectivity index (χ0n) is 11.1. The Balaban J connectivity index is 1.66. The molecule has 5 heteroatoms. The van der Waals surface area contributed by atoms with Crippen LogP contribution in [0, 0.1) is 5.92 Å². The Labute approximate surface area is 117 Å². The molecule has 0 atom stereocenters. The molecule has 0 unspecified atom stereocenters. The Hall–Kier alpha value is -2.17. The number of aromatic nitrogens is 2. The minimum Gasteiger partial charge on any atom is -0.388 e. The van der Waals surface area contributed by atoms with Crippen molar-refractivity contribution in [3.63, 3.8) is 0 Å². The summed E-state index contributed by atoms with van der Waals surface area (Å²) in [5.74, 6) is 0.0702. The standard InChI is InChI=1S/C15H16N2O3/c18-14(12-9-5-2-6-10-12)20-15-17-16-13(19-15)11-7-3-1-4-8-11/h1,3-4,7-8,12H,2,5-6,9-10H2. The van der Waals surface area contributed by atoms with Gasteiger partial charge in [-0.3, -0.25) is 4.79 Å². The first-order valence-corrected chi connectivity index (χ1v) is 6.93. The van der Waals surface area contributed by atoms with Crippen molar-refractivity contribution < 1.29 is 13.9 Å². The maximum absolute atomic E-state index is 12.0. The van der Waals surface area contributed by atoms with Gasteiger partial charge in [-0.15, -0.1) is 5.10 Å². The summed E-state index contributed by atoms with van der Waals surface area (Å²) in [6.45, 7) is 0. The highest BCUT2D eigenvalue weighted by atomic mass is 16.6. The molecule has 0 amide bonds. The molecule has 2 aromatic rings. The largest absolute Gasteiger partial charge is 0.422 e. The molecule has 1 aromatic carbocycles. The summed E-state index contributed by atoms with van der Waals surface area (Å²) >= 11 is 0. The molecule has 0 radical (unpaired) electrons. The predicted octanol–water partition coefficient (Wildman–Crippen LogP) is 3.22. The van der Waals surface area contributed by atoms with Gasteiger partial charge in [-0.1, -0.05) is 42.6 Å². The van der Waals surface area contributed by atoms with Gasteiger partial charge in [-0.05, 0) is 25.0 Å². The SMILES string of the molecule is O=C(Oc1nnc(-c2ccccc2)o1)C1CCCCC1. The van der Waals surface area contributed by atoms with Crippen LogP contribution in [-0.4, -0.2) is 16.2 Å². The number of carbonyl (C=O) groups is 1. The molecular weight excluding hydrogens is 256 g/mol. The number of hydrogen-bond acceptors (Lipinski definition) is 5. The van der Waals surface area contributed by atoms with Gasteiger partial charge in [0.1, 0.15) is 0 Å². The van der Waals surface area contributed by atoms with E-state index < -0.39 is 0 Å². The average molecular weight is 272 g/mol. The highest BCUT2D eigenvalue weighted by Gasteiger charge is 2.24. The molecule has 3 rings (SSSR count). The fourth-order valence-corrected chi connectivity index (χ4v) is 2.46. The van der Waals surface area contributed by atoms with Crippen molar-refractivity contribution in [2.24, 2.45) is 5.92 Å². The first-order chi connectivity index (χ1) is 9.83. The average Bonchev–Trinajstić information content (AvgIpc) is 2.97. The van der Waals surface area contributed by atoms with Gasteiger partial charge in [-0.2, -0.15) is 0 Å². The zero-order valence-corrected chi connectivity index (χ0v) is 11.1. The lowest BCUT2D eigenvalue weighted by Crippen LogP contribution is -2.22. The molecule has 1 aromatic heterocycles. The van der Waals surface area contributed by atoms with Crippen LogP contribution < -0.4 is 4.74 Å². The van der Waals surface area contributed by atoms with E-state index in [0.29, 0.717) is 5.89 Å². The molecular formula is C15H16N2O3. The Morgan fingerprint density at radius 2 is 1.85 bits per heavy atom. The van der Waals surface area contributed by atoms with Crippen molar-refractivity contribution in [2.75, 3.05) is 0 Å². The minimum absolute atomic E-state index is 0.0316. The monoisotopic (exact) mass is 272 g/mol. The molecule has 1 heterocycles. The summed E-state index contributed by atoms with van der Waals surface area (Å²) in [7, 11) is 0. The maximum atomic E-state index is 12.0. The van der Waals surface area contributed by atoms with Crippen LogP contribution in [0.3, 0.4) is 0 Å². The molecule has 104 valence electrons. The smallest absolute Gasteiger partial charge is 0.388 e. The summed E-state index contributed by atoms with van der Waals surface area (Å²) in [6.07, 6.45) is 5.07. The topological polar surface area (TPSA) is 65.2 Å². The van der Waals surface area contributed by atoms with Gasteiger partial charge in [0.25, 0.3) is 5.89 Å². The van der Waals surface area contributed by atoms with E-state index in [1.54, 1.807) is 0 Å². The highest BCUT2D eigenvalue weighted by molar-refractivity contribution is 5.74. The third-order valence-corrected chi connectivity index (χ3v) is 3.55. The van der Waals surface area contributed by atoms with E-state index in [1.807, 2.05) is 30.3 Å². The van der Waals surface area contributed by atoms with Crippen molar-refractivity contribution in [2.45, 2.75) is 32.1 Å². The normalized spacial score (nSPS) is 16.0. The van der Waals surface area contributed by atoms with Gasteiger partial charge < -0.3 is 9.15 Å². The summed E-state index contributed by atoms with van der Waals surface area (Å²) in [4.78, 5) is 12.0. The molecule has 0 spiro atoms. The summed E-state index contributed by atoms with van der Waals surface area (Å²) in [6, 6.07) is 9.39. The van der Waals surface area contributed by atoms with Gasteiger partial charge in [-0.25, -0.2) is 0 Å². The van der Waals surface area contributed by atoms with Crippen LogP contribution >= 0.6 is 0 Å². The summed E-state index contributed by atoms with van der Waals surface area (Å²) in [5, 5.41) is 7.66. The second-order valence-electron chi connectivity index (χ2n) is 5.00. The molecule has 1 saturated carbocycles. The van der Waals surface area contributed by atoms with E-state index in [0.717, 1.165) is 31.2 Å². The lowest BCUT2D eigenvalue weighted by atomic mass is 9.89. The number of carbonyl (C=O) groups excluding carboxylic acids is 1. The summed E-state index contributed by atoms with van der Waals surface area (Å²) < 4.78 is 10.5. The van der Waals surface area contributed by atoms with Crippen molar-refractivity contribution >= 4 is 5.97 Å². The molecule has 5 nitrogen and oxygen atoms in total. The number of hydrogen-bond donors (Lipinski definition) is 0. The van der Waals surface area contributed by atoms with E-state index in [1.165, 1.54) is 6.42 Å². The fraction of sp³-hybridized carbons (Fsp3) is 0.400. The number of benzene rings is 1. The lowest BCUT2D eigenvalue weighted by Gasteiger charge is -2.18. The van der Waals surface area contributed by atoms with Crippen molar-refractivity contribution in [3.05, 3.63) is 30.3 Å². The molecule has 0 bridgehead atoms. The molecule has 0 N–H and O–H groups in total. The van der Waals surface area contributed by atoms with E-state index in [2.05, 4.69) is 10.2 Å². The number of ether oxygens (including phenoxy) is 1. The Morgan fingerprint density at radius 3 is 2.60 bits per heavy atom. The minimum atomic E-state index is -0.257. The molecule has 0 aliphatic heterocycles. The van der Waals surface area contributed by atoms with Crippen molar-refractivity contribution in [3.8, 4) is 17.5 Å². The second kappa shape index (κ2) is 5.86. The van der Waals surface area contributed by atoms with Crippen LogP contribution in [0.5, 0.6) is 6.08 Å². The van der Waals surface area contributed by atoms with Crippen LogP contribution in [0.25, 0.3) is 11.5 Å². The molecule has 20 heavy (non-hydrogen) atoms. The molecule has 1 aliphatic rings. The van der Waals surface area contributed by atoms with Gasteiger partial charge in [0.05, 0.1) is 5.92 Å². The van der Waals surface area contributed by atoms with E-state index in [9.17, 15) is 4.79 Å². The molecule has 1 aliphatic carbocycles. The quantitative estimate of drug-likeness (QED) is 0.802. The van der Waals surface area contributed by atoms with Crippen LogP contribution in [0.15, 0.2) is 34.7 Å². The van der Waals surface area contributed by atoms with Gasteiger partial charge in [0.15, 0.2) is 0 Å². The number of esters is 1. The third-order valence-electron chi connectivity index (χ3n) is 3.55. The first kappa shape index (κ1) is 12.8. The molecule has 0 saturated heterocycles. The van der Waals surface area contributed by atoms with E-state index >= 15 is 0 Å².